The van der Waals surface area contributed by atoms with Crippen LogP contribution in [0.25, 0.3) is 0 Å². The van der Waals surface area contributed by atoms with Gasteiger partial charge in [-0.15, -0.1) is 0 Å². The number of sulfonamides is 1. The number of fused-ring (bicyclic) bond motifs is 1. The van der Waals surface area contributed by atoms with Gasteiger partial charge in [-0.1, -0.05) is 11.6 Å². The third-order valence-electron chi connectivity index (χ3n) is 4.73. The van der Waals surface area contributed by atoms with E-state index in [4.69, 9.17) is 35.7 Å². The molecule has 0 aromatic heterocycles. The maximum Gasteiger partial charge on any atom is 0.340 e. The maximum atomic E-state index is 12.9. The summed E-state index contributed by atoms with van der Waals surface area (Å²) in [6, 6.07) is 7.44. The van der Waals surface area contributed by atoms with Crippen LogP contribution in [0.5, 0.6) is 11.5 Å². The summed E-state index contributed by atoms with van der Waals surface area (Å²) in [5.74, 6) is 0.233. The number of primary sulfonamides is 1. The van der Waals surface area contributed by atoms with Gasteiger partial charge in [-0.2, -0.15) is 0 Å². The van der Waals surface area contributed by atoms with Crippen molar-refractivity contribution in [3.05, 3.63) is 46.5 Å². The molecule has 2 N–H and O–H groups in total. The van der Waals surface area contributed by atoms with E-state index in [0.29, 0.717) is 54.1 Å². The molecule has 4 rings (SSSR count). The summed E-state index contributed by atoms with van der Waals surface area (Å²) in [5.41, 5.74) is 1.27. The predicted octanol–water partition coefficient (Wildman–Crippen LogP) is 1.91. The minimum Gasteiger partial charge on any atom is -0.457 e. The lowest BCUT2D eigenvalue weighted by Crippen LogP contribution is -2.37. The second-order valence-electron chi connectivity index (χ2n) is 6.71. The largest absolute Gasteiger partial charge is 0.457 e. The maximum absolute atomic E-state index is 12.9. The van der Waals surface area contributed by atoms with Crippen LogP contribution < -0.4 is 19.5 Å². The van der Waals surface area contributed by atoms with E-state index in [1.54, 1.807) is 18.2 Å². The van der Waals surface area contributed by atoms with Crippen LogP contribution in [0.3, 0.4) is 0 Å². The van der Waals surface area contributed by atoms with Gasteiger partial charge in [0.15, 0.2) is 11.5 Å². The van der Waals surface area contributed by atoms with E-state index in [1.807, 2.05) is 4.90 Å². The number of hydrogen-bond donors (Lipinski definition) is 1. The Bertz CT molecular complexity index is 1080. The molecule has 2 aromatic rings. The van der Waals surface area contributed by atoms with Gasteiger partial charge in [-0.05, 0) is 35.9 Å². The summed E-state index contributed by atoms with van der Waals surface area (Å²) in [6.45, 7) is 2.11. The van der Waals surface area contributed by atoms with Crippen LogP contribution in [0.15, 0.2) is 35.2 Å². The van der Waals surface area contributed by atoms with Gasteiger partial charge in [0.1, 0.15) is 6.61 Å². The Kier molecular flexibility index (Phi) is 5.74. The van der Waals surface area contributed by atoms with Crippen molar-refractivity contribution in [3.63, 3.8) is 0 Å². The standard InChI is InChI=1S/C19H19ClN2O7S/c20-15-7-12(8-17-18(15)29-11-28-17)10-27-19(23)14-9-13(30(21,24)25)1-2-16(14)22-3-5-26-6-4-22/h1-2,7-9H,3-6,10-11H2,(H2,21,24,25). The second-order valence-corrected chi connectivity index (χ2v) is 8.68. The molecule has 0 atom stereocenters. The average molecular weight is 455 g/mol. The highest BCUT2D eigenvalue weighted by Gasteiger charge is 2.24. The molecular weight excluding hydrogens is 436 g/mol. The van der Waals surface area contributed by atoms with Crippen LogP contribution in [0, 0.1) is 0 Å². The van der Waals surface area contributed by atoms with E-state index in [9.17, 15) is 13.2 Å². The fourth-order valence-corrected chi connectivity index (χ4v) is 4.09. The molecule has 0 unspecified atom stereocenters. The van der Waals surface area contributed by atoms with Crippen LogP contribution >= 0.6 is 11.6 Å². The van der Waals surface area contributed by atoms with Gasteiger partial charge < -0.3 is 23.8 Å². The van der Waals surface area contributed by atoms with Crippen molar-refractivity contribution >= 4 is 33.3 Å². The molecule has 0 bridgehead atoms. The summed E-state index contributed by atoms with van der Waals surface area (Å²) >= 11 is 6.16. The number of nitrogens with zero attached hydrogens (tertiary/aromatic N) is 1. The Morgan fingerprint density at radius 2 is 1.93 bits per heavy atom. The van der Waals surface area contributed by atoms with E-state index in [1.165, 1.54) is 12.1 Å². The number of carbonyl (C=O) groups is 1. The number of hydrogen-bond acceptors (Lipinski definition) is 8. The molecule has 0 amide bonds. The van der Waals surface area contributed by atoms with Crippen molar-refractivity contribution in [2.45, 2.75) is 11.5 Å². The molecule has 11 heteroatoms. The highest BCUT2D eigenvalue weighted by molar-refractivity contribution is 7.89. The van der Waals surface area contributed by atoms with E-state index in [0.717, 1.165) is 0 Å². The molecule has 0 aliphatic carbocycles. The molecule has 0 saturated carbocycles. The fraction of sp³-hybridized carbons (Fsp3) is 0.316. The van der Waals surface area contributed by atoms with Gasteiger partial charge >= 0.3 is 5.97 Å². The smallest absolute Gasteiger partial charge is 0.340 e. The molecule has 30 heavy (non-hydrogen) atoms. The summed E-state index contributed by atoms with van der Waals surface area (Å²) in [6.07, 6.45) is 0. The number of carbonyl (C=O) groups excluding carboxylic acids is 1. The molecular formula is C19H19ClN2O7S. The number of esters is 1. The predicted molar refractivity (Wildman–Crippen MR) is 108 cm³/mol. The minimum atomic E-state index is -3.98. The molecule has 2 aromatic carbocycles. The molecule has 2 aliphatic heterocycles. The number of anilines is 1. The van der Waals surface area contributed by atoms with E-state index in [-0.39, 0.29) is 23.9 Å². The van der Waals surface area contributed by atoms with Crippen molar-refractivity contribution < 1.29 is 32.2 Å². The lowest BCUT2D eigenvalue weighted by Gasteiger charge is -2.30. The van der Waals surface area contributed by atoms with Gasteiger partial charge in [0.2, 0.25) is 16.8 Å². The van der Waals surface area contributed by atoms with Crippen molar-refractivity contribution in [1.82, 2.24) is 0 Å². The monoisotopic (exact) mass is 454 g/mol. The van der Waals surface area contributed by atoms with Crippen molar-refractivity contribution in [3.8, 4) is 11.5 Å². The quantitative estimate of drug-likeness (QED) is 0.681. The van der Waals surface area contributed by atoms with Crippen molar-refractivity contribution in [2.24, 2.45) is 5.14 Å². The fourth-order valence-electron chi connectivity index (χ4n) is 3.27. The van der Waals surface area contributed by atoms with E-state index >= 15 is 0 Å². The Labute approximate surface area is 178 Å². The molecule has 2 heterocycles. The first kappa shape index (κ1) is 20.7. The van der Waals surface area contributed by atoms with E-state index in [2.05, 4.69) is 0 Å². The Balaban J connectivity index is 1.59. The number of morpholine rings is 1. The first-order chi connectivity index (χ1) is 14.3. The number of halogens is 1. The van der Waals surface area contributed by atoms with Gasteiger partial charge in [-0.3, -0.25) is 0 Å². The lowest BCUT2D eigenvalue weighted by atomic mass is 10.1. The Morgan fingerprint density at radius 3 is 2.67 bits per heavy atom. The first-order valence-electron chi connectivity index (χ1n) is 9.07. The Morgan fingerprint density at radius 1 is 1.17 bits per heavy atom. The molecule has 9 nitrogen and oxygen atoms in total. The normalized spacial score (nSPS) is 15.9. The molecule has 160 valence electrons. The lowest BCUT2D eigenvalue weighted by molar-refractivity contribution is 0.0472. The van der Waals surface area contributed by atoms with Gasteiger partial charge in [0, 0.05) is 13.1 Å². The molecule has 1 fully saturated rings. The van der Waals surface area contributed by atoms with Crippen molar-refractivity contribution in [1.29, 1.82) is 0 Å². The van der Waals surface area contributed by atoms with Crippen LogP contribution in [0.1, 0.15) is 15.9 Å². The minimum absolute atomic E-state index is 0.0710. The third-order valence-corrected chi connectivity index (χ3v) is 5.92. The SMILES string of the molecule is NS(=O)(=O)c1ccc(N2CCOCC2)c(C(=O)OCc2cc(Cl)c3c(c2)OCO3)c1. The van der Waals surface area contributed by atoms with Crippen LogP contribution in [-0.4, -0.2) is 47.5 Å². The summed E-state index contributed by atoms with van der Waals surface area (Å²) in [4.78, 5) is 14.6. The number of benzene rings is 2. The zero-order valence-corrected chi connectivity index (χ0v) is 17.4. The highest BCUT2D eigenvalue weighted by Crippen LogP contribution is 2.40. The zero-order valence-electron chi connectivity index (χ0n) is 15.8. The molecule has 2 aliphatic rings. The highest BCUT2D eigenvalue weighted by atomic mass is 35.5. The van der Waals surface area contributed by atoms with Crippen molar-refractivity contribution in [2.75, 3.05) is 38.0 Å². The zero-order chi connectivity index (χ0) is 21.3. The molecule has 1 saturated heterocycles. The topological polar surface area (TPSA) is 117 Å². The molecule has 0 spiro atoms. The van der Waals surface area contributed by atoms with Gasteiger partial charge in [0.05, 0.1) is 34.4 Å². The van der Waals surface area contributed by atoms with Crippen LogP contribution in [0.4, 0.5) is 5.69 Å². The number of ether oxygens (including phenoxy) is 4. The average Bonchev–Trinajstić information content (AvgIpc) is 3.21. The van der Waals surface area contributed by atoms with Gasteiger partial charge in [0.25, 0.3) is 0 Å². The summed E-state index contributed by atoms with van der Waals surface area (Å²) < 4.78 is 44.9. The van der Waals surface area contributed by atoms with Gasteiger partial charge in [-0.25, -0.2) is 18.4 Å². The molecule has 0 radical (unpaired) electrons. The summed E-state index contributed by atoms with van der Waals surface area (Å²) in [7, 11) is -3.98. The third kappa shape index (κ3) is 4.31. The second kappa shape index (κ2) is 8.31. The van der Waals surface area contributed by atoms with E-state index < -0.39 is 16.0 Å². The first-order valence-corrected chi connectivity index (χ1v) is 11.0. The number of nitrogens with two attached hydrogens (primary N) is 1. The summed E-state index contributed by atoms with van der Waals surface area (Å²) in [5, 5.41) is 5.58. The Hall–Kier alpha value is -2.53. The number of rotatable bonds is 5. The van der Waals surface area contributed by atoms with Crippen LogP contribution in [-0.2, 0) is 26.1 Å². The van der Waals surface area contributed by atoms with Crippen LogP contribution in [0.2, 0.25) is 5.02 Å².